The van der Waals surface area contributed by atoms with E-state index in [0.717, 1.165) is 11.1 Å². The Kier molecular flexibility index (Phi) is 3.08. The molecule has 1 aromatic rings. The van der Waals surface area contributed by atoms with Crippen molar-refractivity contribution in [2.45, 2.75) is 37.6 Å². The molecule has 4 nitrogen and oxygen atoms in total. The highest BCUT2D eigenvalue weighted by atomic mass is 32.2. The molecule has 1 saturated heterocycles. The van der Waals surface area contributed by atoms with Crippen LogP contribution in [-0.4, -0.2) is 27.2 Å². The number of nitrogens with one attached hydrogen (secondary N) is 1. The van der Waals surface area contributed by atoms with Crippen LogP contribution in [0.25, 0.3) is 0 Å². The highest BCUT2D eigenvalue weighted by Crippen LogP contribution is 2.27. The Morgan fingerprint density at radius 2 is 2.57 bits per heavy atom. The molecule has 1 N–H and O–H groups in total. The van der Waals surface area contributed by atoms with Gasteiger partial charge in [-0.05, 0) is 13.3 Å². The molecule has 0 aliphatic carbocycles. The van der Waals surface area contributed by atoms with Gasteiger partial charge in [-0.2, -0.15) is 16.7 Å². The first-order chi connectivity index (χ1) is 6.75. The second-order valence-corrected chi connectivity index (χ2v) is 5.23. The lowest BCUT2D eigenvalue weighted by Gasteiger charge is -2.15. The van der Waals surface area contributed by atoms with Crippen molar-refractivity contribution >= 4 is 11.8 Å². The van der Waals surface area contributed by atoms with Crippen LogP contribution in [0.4, 0.5) is 0 Å². The quantitative estimate of drug-likeness (QED) is 0.826. The normalized spacial score (nSPS) is 29.3. The maximum absolute atomic E-state index is 4.71. The molecule has 0 bridgehead atoms. The number of aromatic nitrogens is 2. The average Bonchev–Trinajstić information content (AvgIpc) is 2.75. The van der Waals surface area contributed by atoms with Crippen LogP contribution >= 0.6 is 11.8 Å². The molecule has 0 spiro atoms. The predicted octanol–water partition coefficient (Wildman–Crippen LogP) is 1.61. The summed E-state index contributed by atoms with van der Waals surface area (Å²) in [6.07, 6.45) is 2.60. The van der Waals surface area contributed by atoms with Crippen LogP contribution in [0.3, 0.4) is 0 Å². The van der Waals surface area contributed by atoms with Gasteiger partial charge in [-0.3, -0.25) is 0 Å². The maximum Gasteiger partial charge on any atom is 0.213 e. The number of nitrogens with zero attached hydrogens (tertiary/aromatic N) is 2. The van der Waals surface area contributed by atoms with Gasteiger partial charge < -0.3 is 9.84 Å². The lowest BCUT2D eigenvalue weighted by molar-refractivity contribution is 0.390. The Hall–Kier alpha value is -0.550. The van der Waals surface area contributed by atoms with Gasteiger partial charge in [-0.25, -0.2) is 0 Å². The fraction of sp³-hybridized carbons (Fsp3) is 0.778. The maximum atomic E-state index is 4.71. The largest absolute Gasteiger partial charge is 0.343 e. The van der Waals surface area contributed by atoms with Crippen LogP contribution in [0.5, 0.6) is 0 Å². The van der Waals surface area contributed by atoms with Crippen LogP contribution < -0.4 is 5.32 Å². The first-order valence-corrected chi connectivity index (χ1v) is 5.94. The molecule has 0 amide bonds. The van der Waals surface area contributed by atoms with E-state index in [-0.39, 0.29) is 6.04 Å². The molecule has 0 aromatic carbocycles. The molecule has 3 atom stereocenters. The van der Waals surface area contributed by atoms with E-state index in [0.29, 0.717) is 6.04 Å². The smallest absolute Gasteiger partial charge is 0.213 e. The van der Waals surface area contributed by atoms with Gasteiger partial charge >= 0.3 is 0 Å². The van der Waals surface area contributed by atoms with E-state index in [1.165, 1.54) is 18.6 Å². The summed E-state index contributed by atoms with van der Waals surface area (Å²) >= 11 is 2.02. The minimum absolute atomic E-state index is 0.185. The molecule has 1 fully saturated rings. The third kappa shape index (κ3) is 2.27. The molecule has 14 heavy (non-hydrogen) atoms. The monoisotopic (exact) mass is 213 g/mol. The number of hydrogen-bond acceptors (Lipinski definition) is 5. The van der Waals surface area contributed by atoms with Crippen molar-refractivity contribution in [2.75, 3.05) is 5.75 Å². The summed E-state index contributed by atoms with van der Waals surface area (Å²) in [4.78, 5) is 4.03. The second kappa shape index (κ2) is 4.31. The second-order valence-electron chi connectivity index (χ2n) is 3.75. The van der Waals surface area contributed by atoms with E-state index in [9.17, 15) is 0 Å². The lowest BCUT2D eigenvalue weighted by atomic mass is 10.1. The Labute approximate surface area is 87.8 Å². The molecule has 1 aliphatic heterocycles. The molecule has 0 radical (unpaired) electrons. The standard InChI is InChI=1S/C9H15N3OS/c1-6-3-8(4-14-6)11-7(2)9-10-5-13-12-9/h5-8,11H,3-4H2,1-2H3. The van der Waals surface area contributed by atoms with Gasteiger partial charge in [0.05, 0.1) is 6.04 Å². The Morgan fingerprint density at radius 1 is 1.71 bits per heavy atom. The Bertz CT molecular complexity index is 278. The van der Waals surface area contributed by atoms with E-state index < -0.39 is 0 Å². The van der Waals surface area contributed by atoms with Crippen LogP contribution in [0.1, 0.15) is 32.1 Å². The fourth-order valence-electron chi connectivity index (χ4n) is 1.73. The van der Waals surface area contributed by atoms with Gasteiger partial charge in [0, 0.05) is 17.0 Å². The van der Waals surface area contributed by atoms with Gasteiger partial charge in [0.25, 0.3) is 0 Å². The van der Waals surface area contributed by atoms with E-state index >= 15 is 0 Å². The highest BCUT2D eigenvalue weighted by molar-refractivity contribution is 8.00. The molecular weight excluding hydrogens is 198 g/mol. The topological polar surface area (TPSA) is 51.0 Å². The Balaban J connectivity index is 1.86. The summed E-state index contributed by atoms with van der Waals surface area (Å²) in [5.74, 6) is 1.93. The third-order valence-electron chi connectivity index (χ3n) is 2.45. The summed E-state index contributed by atoms with van der Waals surface area (Å²) in [7, 11) is 0. The van der Waals surface area contributed by atoms with Crippen molar-refractivity contribution < 1.29 is 4.52 Å². The van der Waals surface area contributed by atoms with Crippen molar-refractivity contribution in [1.82, 2.24) is 15.5 Å². The number of thioether (sulfide) groups is 1. The van der Waals surface area contributed by atoms with Gasteiger partial charge in [-0.1, -0.05) is 12.1 Å². The molecule has 2 rings (SSSR count). The van der Waals surface area contributed by atoms with Crippen molar-refractivity contribution in [2.24, 2.45) is 0 Å². The minimum Gasteiger partial charge on any atom is -0.343 e. The van der Waals surface area contributed by atoms with Gasteiger partial charge in [0.2, 0.25) is 6.39 Å². The van der Waals surface area contributed by atoms with Crippen molar-refractivity contribution in [3.05, 3.63) is 12.2 Å². The van der Waals surface area contributed by atoms with Crippen molar-refractivity contribution in [1.29, 1.82) is 0 Å². The molecule has 2 heterocycles. The molecule has 1 aliphatic rings. The van der Waals surface area contributed by atoms with E-state index in [2.05, 4.69) is 29.3 Å². The molecule has 5 heteroatoms. The summed E-state index contributed by atoms with van der Waals surface area (Å²) in [5, 5.41) is 8.10. The highest BCUT2D eigenvalue weighted by Gasteiger charge is 2.24. The Morgan fingerprint density at radius 3 is 3.14 bits per heavy atom. The average molecular weight is 213 g/mol. The van der Waals surface area contributed by atoms with Gasteiger partial charge in [0.1, 0.15) is 0 Å². The van der Waals surface area contributed by atoms with Gasteiger partial charge in [0.15, 0.2) is 5.82 Å². The SMILES string of the molecule is CC1CC(NC(C)c2ncon2)CS1. The van der Waals surface area contributed by atoms with Crippen molar-refractivity contribution in [3.8, 4) is 0 Å². The van der Waals surface area contributed by atoms with Gasteiger partial charge in [-0.15, -0.1) is 0 Å². The van der Waals surface area contributed by atoms with E-state index in [1.807, 2.05) is 11.8 Å². The van der Waals surface area contributed by atoms with Crippen LogP contribution in [0.15, 0.2) is 10.9 Å². The minimum atomic E-state index is 0.185. The third-order valence-corrected chi connectivity index (χ3v) is 3.81. The molecule has 0 saturated carbocycles. The van der Waals surface area contributed by atoms with Crippen molar-refractivity contribution in [3.63, 3.8) is 0 Å². The van der Waals surface area contributed by atoms with Crippen LogP contribution in [-0.2, 0) is 0 Å². The lowest BCUT2D eigenvalue weighted by Crippen LogP contribution is -2.32. The summed E-state index contributed by atoms with van der Waals surface area (Å²) in [5.41, 5.74) is 0. The predicted molar refractivity (Wildman–Crippen MR) is 56.2 cm³/mol. The number of rotatable bonds is 3. The number of hydrogen-bond donors (Lipinski definition) is 1. The molecule has 1 aromatic heterocycles. The summed E-state index contributed by atoms with van der Waals surface area (Å²) < 4.78 is 4.71. The van der Waals surface area contributed by atoms with E-state index in [1.54, 1.807) is 0 Å². The van der Waals surface area contributed by atoms with Crippen LogP contribution in [0, 0.1) is 0 Å². The summed E-state index contributed by atoms with van der Waals surface area (Å²) in [6.45, 7) is 4.34. The fourth-order valence-corrected chi connectivity index (χ4v) is 2.89. The molecular formula is C9H15N3OS. The summed E-state index contributed by atoms with van der Waals surface area (Å²) in [6, 6.07) is 0.771. The van der Waals surface area contributed by atoms with E-state index in [4.69, 9.17) is 4.52 Å². The first kappa shape index (κ1) is 9.98. The van der Waals surface area contributed by atoms with Crippen LogP contribution in [0.2, 0.25) is 0 Å². The first-order valence-electron chi connectivity index (χ1n) is 4.89. The zero-order valence-corrected chi connectivity index (χ0v) is 9.25. The molecule has 3 unspecified atom stereocenters. The zero-order valence-electron chi connectivity index (χ0n) is 8.43. The zero-order chi connectivity index (χ0) is 9.97. The molecule has 78 valence electrons.